The maximum absolute atomic E-state index is 12.6. The Balaban J connectivity index is 1.45. The molecule has 4 rings (SSSR count). The van der Waals surface area contributed by atoms with Crippen LogP contribution in [-0.2, 0) is 11.8 Å². The average molecular weight is 394 g/mol. The topological polar surface area (TPSA) is 110 Å². The smallest absolute Gasteiger partial charge is 0.319 e. The van der Waals surface area contributed by atoms with Crippen LogP contribution in [0.1, 0.15) is 24.6 Å². The first-order valence-corrected chi connectivity index (χ1v) is 9.31. The van der Waals surface area contributed by atoms with Gasteiger partial charge in [-0.3, -0.25) is 9.48 Å². The number of anilines is 1. The number of nitrogens with zero attached hydrogens (tertiary/aromatic N) is 6. The summed E-state index contributed by atoms with van der Waals surface area (Å²) >= 11 is 0. The quantitative estimate of drug-likeness (QED) is 0.697. The molecule has 1 fully saturated rings. The minimum Gasteiger partial charge on any atom is -0.335 e. The van der Waals surface area contributed by atoms with Crippen molar-refractivity contribution in [3.05, 3.63) is 54.6 Å². The highest BCUT2D eigenvalue weighted by molar-refractivity contribution is 5.90. The highest BCUT2D eigenvalue weighted by Gasteiger charge is 2.37. The molecule has 10 heteroatoms. The Morgan fingerprint density at radius 3 is 2.59 bits per heavy atom. The summed E-state index contributed by atoms with van der Waals surface area (Å²) in [6.45, 7) is 0. The Morgan fingerprint density at radius 1 is 1.14 bits per heavy atom. The number of aromatic nitrogens is 5. The lowest BCUT2D eigenvalue weighted by Crippen LogP contribution is -2.52. The monoisotopic (exact) mass is 394 g/mol. The van der Waals surface area contributed by atoms with E-state index in [0.717, 1.165) is 11.4 Å². The highest BCUT2D eigenvalue weighted by Crippen LogP contribution is 2.30. The molecule has 2 aromatic heterocycles. The number of carbonyl (C=O) groups excluding carboxylic acids is 2. The van der Waals surface area contributed by atoms with Crippen LogP contribution in [0.5, 0.6) is 0 Å². The van der Waals surface area contributed by atoms with Crippen molar-refractivity contribution in [2.45, 2.75) is 24.9 Å². The number of likely N-dealkylation sites (tertiary alicyclic amines) is 1. The normalized spacial score (nSPS) is 19.2. The van der Waals surface area contributed by atoms with Crippen LogP contribution >= 0.6 is 0 Å². The molecule has 150 valence electrons. The van der Waals surface area contributed by atoms with E-state index in [1.54, 1.807) is 52.0 Å². The summed E-state index contributed by atoms with van der Waals surface area (Å²) in [5.74, 6) is 0.0540. The maximum Gasteiger partial charge on any atom is 0.319 e. The zero-order chi connectivity index (χ0) is 20.4. The summed E-state index contributed by atoms with van der Waals surface area (Å²) in [5, 5.41) is 17.8. The molecule has 2 atom stereocenters. The summed E-state index contributed by atoms with van der Waals surface area (Å²) < 4.78 is 3.37. The number of urea groups is 1. The number of nitrogens with one attached hydrogen (secondary N) is 2. The molecule has 3 heterocycles. The molecule has 1 saturated heterocycles. The van der Waals surface area contributed by atoms with E-state index in [0.29, 0.717) is 18.5 Å². The number of benzene rings is 1. The van der Waals surface area contributed by atoms with E-state index >= 15 is 0 Å². The second-order valence-corrected chi connectivity index (χ2v) is 6.97. The number of piperidine rings is 1. The van der Waals surface area contributed by atoms with Crippen LogP contribution in [0.4, 0.5) is 10.5 Å². The van der Waals surface area contributed by atoms with Gasteiger partial charge in [-0.15, -0.1) is 5.10 Å². The Bertz CT molecular complexity index is 996. The number of aryl methyl sites for hydroxylation is 1. The van der Waals surface area contributed by atoms with E-state index in [2.05, 4.69) is 26.0 Å². The largest absolute Gasteiger partial charge is 0.335 e. The van der Waals surface area contributed by atoms with E-state index < -0.39 is 0 Å². The van der Waals surface area contributed by atoms with Crippen LogP contribution in [0.2, 0.25) is 0 Å². The van der Waals surface area contributed by atoms with Gasteiger partial charge in [-0.25, -0.2) is 9.48 Å². The van der Waals surface area contributed by atoms with Crippen molar-refractivity contribution in [1.29, 1.82) is 0 Å². The minimum absolute atomic E-state index is 0.0540. The second kappa shape index (κ2) is 7.74. The average Bonchev–Trinajstić information content (AvgIpc) is 3.38. The van der Waals surface area contributed by atoms with Crippen molar-refractivity contribution in [2.24, 2.45) is 7.05 Å². The van der Waals surface area contributed by atoms with Crippen LogP contribution in [0.3, 0.4) is 0 Å². The van der Waals surface area contributed by atoms with Gasteiger partial charge in [0, 0.05) is 32.4 Å². The zero-order valence-electron chi connectivity index (χ0n) is 16.2. The molecule has 2 N–H and O–H groups in total. The Kier molecular flexibility index (Phi) is 4.98. The Labute approximate surface area is 167 Å². The van der Waals surface area contributed by atoms with Gasteiger partial charge in [0.1, 0.15) is 0 Å². The van der Waals surface area contributed by atoms with Crippen molar-refractivity contribution in [3.63, 3.8) is 0 Å². The van der Waals surface area contributed by atoms with Crippen LogP contribution in [0.15, 0.2) is 48.9 Å². The first-order valence-electron chi connectivity index (χ1n) is 9.31. The number of carbonyl (C=O) groups is 2. The number of amides is 3. The van der Waals surface area contributed by atoms with E-state index in [1.165, 1.54) is 0 Å². The van der Waals surface area contributed by atoms with Gasteiger partial charge in [-0.05, 0) is 36.8 Å². The van der Waals surface area contributed by atoms with Crippen LogP contribution in [-0.4, -0.2) is 54.7 Å². The molecular weight excluding hydrogens is 372 g/mol. The molecule has 3 amide bonds. The molecule has 1 aliphatic rings. The molecule has 1 aliphatic heterocycles. The van der Waals surface area contributed by atoms with Crippen molar-refractivity contribution in [3.8, 4) is 5.69 Å². The number of rotatable bonds is 4. The SMILES string of the molecule is CN1C(=O)CC[C@@H](NC(=O)Nc2ccc(-n3ccnn3)cc2)[C@@H]1c1ccnn1C. The van der Waals surface area contributed by atoms with Gasteiger partial charge in [0.2, 0.25) is 5.91 Å². The molecule has 10 nitrogen and oxygen atoms in total. The molecule has 0 aliphatic carbocycles. The molecular formula is C19H22N8O2. The van der Waals surface area contributed by atoms with E-state index in [4.69, 9.17) is 0 Å². The molecule has 0 unspecified atom stereocenters. The van der Waals surface area contributed by atoms with E-state index in [9.17, 15) is 9.59 Å². The lowest BCUT2D eigenvalue weighted by Gasteiger charge is -2.39. The zero-order valence-corrected chi connectivity index (χ0v) is 16.2. The van der Waals surface area contributed by atoms with Gasteiger partial charge < -0.3 is 15.5 Å². The molecule has 29 heavy (non-hydrogen) atoms. The number of likely N-dealkylation sites (N-methyl/N-ethyl adjacent to an activating group) is 1. The summed E-state index contributed by atoms with van der Waals surface area (Å²) in [5.41, 5.74) is 2.38. The standard InChI is InChI=1S/C19H22N8O2/c1-25-17(28)8-7-15(18(25)16-9-10-21-26(16)2)23-19(29)22-13-3-5-14(6-4-13)27-12-11-20-24-27/h3-6,9-12,15,18H,7-8H2,1-2H3,(H2,22,23,29)/t15-,18-/m1/s1. The summed E-state index contributed by atoms with van der Waals surface area (Å²) in [6.07, 6.45) is 5.99. The van der Waals surface area contributed by atoms with Gasteiger partial charge in [-0.2, -0.15) is 5.10 Å². The van der Waals surface area contributed by atoms with Crippen molar-refractivity contribution in [1.82, 2.24) is 35.0 Å². The molecule has 0 radical (unpaired) electrons. The summed E-state index contributed by atoms with van der Waals surface area (Å²) in [7, 11) is 3.59. The van der Waals surface area contributed by atoms with Gasteiger partial charge in [0.05, 0.1) is 35.9 Å². The maximum atomic E-state index is 12.6. The van der Waals surface area contributed by atoms with Gasteiger partial charge >= 0.3 is 6.03 Å². The van der Waals surface area contributed by atoms with Crippen LogP contribution in [0.25, 0.3) is 5.69 Å². The van der Waals surface area contributed by atoms with E-state index in [-0.39, 0.29) is 24.0 Å². The predicted molar refractivity (Wildman–Crippen MR) is 105 cm³/mol. The molecule has 3 aromatic rings. The number of hydrogen-bond acceptors (Lipinski definition) is 5. The molecule has 1 aromatic carbocycles. The first-order chi connectivity index (χ1) is 14.0. The third-order valence-electron chi connectivity index (χ3n) is 5.15. The lowest BCUT2D eigenvalue weighted by molar-refractivity contribution is -0.136. The molecule has 0 bridgehead atoms. The third kappa shape index (κ3) is 3.82. The Morgan fingerprint density at radius 2 is 1.93 bits per heavy atom. The predicted octanol–water partition coefficient (Wildman–Crippen LogP) is 1.48. The fourth-order valence-electron chi connectivity index (χ4n) is 3.65. The summed E-state index contributed by atoms with van der Waals surface area (Å²) in [4.78, 5) is 26.5. The molecule has 0 spiro atoms. The van der Waals surface area contributed by atoms with Crippen LogP contribution in [0, 0.1) is 0 Å². The van der Waals surface area contributed by atoms with Gasteiger partial charge in [0.25, 0.3) is 0 Å². The Hall–Kier alpha value is -3.69. The van der Waals surface area contributed by atoms with Crippen molar-refractivity contribution >= 4 is 17.6 Å². The minimum atomic E-state index is -0.321. The van der Waals surface area contributed by atoms with E-state index in [1.807, 2.05) is 25.2 Å². The summed E-state index contributed by atoms with van der Waals surface area (Å²) in [6, 6.07) is 8.34. The van der Waals surface area contributed by atoms with Crippen molar-refractivity contribution < 1.29 is 9.59 Å². The van der Waals surface area contributed by atoms with Crippen LogP contribution < -0.4 is 10.6 Å². The highest BCUT2D eigenvalue weighted by atomic mass is 16.2. The van der Waals surface area contributed by atoms with Crippen molar-refractivity contribution in [2.75, 3.05) is 12.4 Å². The number of hydrogen-bond donors (Lipinski definition) is 2. The first kappa shape index (κ1) is 18.7. The fraction of sp³-hybridized carbons (Fsp3) is 0.316. The third-order valence-corrected chi connectivity index (χ3v) is 5.15. The second-order valence-electron chi connectivity index (χ2n) is 6.97. The van der Waals surface area contributed by atoms with Gasteiger partial charge in [-0.1, -0.05) is 5.21 Å². The molecule has 0 saturated carbocycles. The lowest BCUT2D eigenvalue weighted by atomic mass is 9.93. The van der Waals surface area contributed by atoms with Gasteiger partial charge in [0.15, 0.2) is 0 Å². The fourth-order valence-corrected chi connectivity index (χ4v) is 3.65.